The molecular weight excluding hydrogens is 362 g/mol. The Hall–Kier alpha value is -3.58. The van der Waals surface area contributed by atoms with Gasteiger partial charge >= 0.3 is 0 Å². The first-order valence-electron chi connectivity index (χ1n) is 10.4. The number of hydrogen-bond acceptors (Lipinski definition) is 1. The summed E-state index contributed by atoms with van der Waals surface area (Å²) >= 11 is 0. The molecular formula is C29H27N. The number of para-hydroxylation sites is 1. The van der Waals surface area contributed by atoms with Crippen LogP contribution in [0.25, 0.3) is 11.6 Å². The molecule has 4 rings (SSSR count). The van der Waals surface area contributed by atoms with Crippen molar-refractivity contribution in [1.82, 2.24) is 0 Å². The van der Waals surface area contributed by atoms with Gasteiger partial charge in [0.15, 0.2) is 0 Å². The van der Waals surface area contributed by atoms with E-state index < -0.39 is 0 Å². The Balaban J connectivity index is 1.67. The molecule has 0 atom stereocenters. The lowest BCUT2D eigenvalue weighted by molar-refractivity contribution is 1.27. The lowest BCUT2D eigenvalue weighted by Crippen LogP contribution is -2.09. The largest absolute Gasteiger partial charge is 0.311 e. The molecule has 0 saturated carbocycles. The molecule has 148 valence electrons. The van der Waals surface area contributed by atoms with Crippen molar-refractivity contribution >= 4 is 28.7 Å². The fraction of sp³-hybridized carbons (Fsp3) is 0.103. The number of nitrogens with zero attached hydrogens (tertiary/aromatic N) is 1. The molecule has 0 bridgehead atoms. The van der Waals surface area contributed by atoms with Crippen molar-refractivity contribution in [2.45, 2.75) is 20.8 Å². The summed E-state index contributed by atoms with van der Waals surface area (Å²) in [6, 6.07) is 36.7. The van der Waals surface area contributed by atoms with E-state index in [1.165, 1.54) is 27.8 Å². The van der Waals surface area contributed by atoms with E-state index in [0.717, 1.165) is 17.1 Å². The standard InChI is InChI=1S/C29H27N/c1-22-9-13-25(14-10-22)21-24(3)26-15-19-29(20-16-26)30(27-7-5-4-6-8-27)28-17-11-23(2)12-18-28/h4-21H,1-3H3/b24-21-. The number of allylic oxidation sites excluding steroid dienone is 1. The van der Waals surface area contributed by atoms with Crippen LogP contribution in [0.15, 0.2) is 103 Å². The second kappa shape index (κ2) is 8.84. The molecule has 0 amide bonds. The summed E-state index contributed by atoms with van der Waals surface area (Å²) in [5, 5.41) is 0. The van der Waals surface area contributed by atoms with Gasteiger partial charge in [-0.05, 0) is 73.9 Å². The number of anilines is 3. The van der Waals surface area contributed by atoms with Crippen LogP contribution in [0.1, 0.15) is 29.2 Å². The van der Waals surface area contributed by atoms with Crippen molar-refractivity contribution in [3.8, 4) is 0 Å². The molecule has 4 aromatic carbocycles. The van der Waals surface area contributed by atoms with Crippen LogP contribution < -0.4 is 4.90 Å². The van der Waals surface area contributed by atoms with Gasteiger partial charge in [-0.25, -0.2) is 0 Å². The first kappa shape index (κ1) is 19.7. The maximum Gasteiger partial charge on any atom is 0.0462 e. The number of aryl methyl sites for hydroxylation is 2. The molecule has 0 aliphatic carbocycles. The van der Waals surface area contributed by atoms with Gasteiger partial charge in [-0.1, -0.05) is 83.9 Å². The van der Waals surface area contributed by atoms with Crippen molar-refractivity contribution in [3.63, 3.8) is 0 Å². The molecule has 1 nitrogen and oxygen atoms in total. The lowest BCUT2D eigenvalue weighted by atomic mass is 10.0. The van der Waals surface area contributed by atoms with Gasteiger partial charge in [0.25, 0.3) is 0 Å². The quantitative estimate of drug-likeness (QED) is 0.310. The third kappa shape index (κ3) is 4.52. The normalized spacial score (nSPS) is 11.4. The van der Waals surface area contributed by atoms with Gasteiger partial charge < -0.3 is 4.90 Å². The number of rotatable bonds is 5. The van der Waals surface area contributed by atoms with E-state index in [9.17, 15) is 0 Å². The third-order valence-corrected chi connectivity index (χ3v) is 5.35. The summed E-state index contributed by atoms with van der Waals surface area (Å²) < 4.78 is 0. The SMILES string of the molecule is C/C(=C/c1ccc(C)cc1)c1ccc(N(c2ccccc2)c2ccc(C)cc2)cc1. The van der Waals surface area contributed by atoms with Crippen LogP contribution in [-0.4, -0.2) is 0 Å². The highest BCUT2D eigenvalue weighted by molar-refractivity contribution is 5.82. The summed E-state index contributed by atoms with van der Waals surface area (Å²) in [4.78, 5) is 2.29. The second-order valence-corrected chi connectivity index (χ2v) is 7.79. The smallest absolute Gasteiger partial charge is 0.0462 e. The first-order valence-corrected chi connectivity index (χ1v) is 10.4. The van der Waals surface area contributed by atoms with E-state index in [2.05, 4.69) is 135 Å². The van der Waals surface area contributed by atoms with Crippen molar-refractivity contribution in [3.05, 3.63) is 125 Å². The van der Waals surface area contributed by atoms with Crippen LogP contribution in [0.2, 0.25) is 0 Å². The zero-order valence-corrected chi connectivity index (χ0v) is 17.8. The van der Waals surface area contributed by atoms with Crippen molar-refractivity contribution in [2.75, 3.05) is 4.90 Å². The van der Waals surface area contributed by atoms with Gasteiger partial charge in [0, 0.05) is 17.1 Å². The van der Waals surface area contributed by atoms with Gasteiger partial charge in [0.1, 0.15) is 0 Å². The molecule has 0 saturated heterocycles. The average molecular weight is 390 g/mol. The van der Waals surface area contributed by atoms with Crippen LogP contribution in [0.3, 0.4) is 0 Å². The van der Waals surface area contributed by atoms with Crippen molar-refractivity contribution in [2.24, 2.45) is 0 Å². The molecule has 0 N–H and O–H groups in total. The third-order valence-electron chi connectivity index (χ3n) is 5.35. The van der Waals surface area contributed by atoms with E-state index in [1.54, 1.807) is 0 Å². The van der Waals surface area contributed by atoms with Gasteiger partial charge in [-0.15, -0.1) is 0 Å². The van der Waals surface area contributed by atoms with Crippen LogP contribution in [0, 0.1) is 13.8 Å². The van der Waals surface area contributed by atoms with Crippen molar-refractivity contribution < 1.29 is 0 Å². The van der Waals surface area contributed by atoms with Crippen LogP contribution in [-0.2, 0) is 0 Å². The van der Waals surface area contributed by atoms with E-state index >= 15 is 0 Å². The molecule has 0 heterocycles. The summed E-state index contributed by atoms with van der Waals surface area (Å²) in [5.74, 6) is 0. The maximum atomic E-state index is 2.29. The van der Waals surface area contributed by atoms with Crippen LogP contribution in [0.5, 0.6) is 0 Å². The molecule has 0 radical (unpaired) electrons. The Morgan fingerprint density at radius 2 is 1.03 bits per heavy atom. The minimum Gasteiger partial charge on any atom is -0.311 e. The molecule has 0 spiro atoms. The summed E-state index contributed by atoms with van der Waals surface area (Å²) in [6.07, 6.45) is 2.24. The van der Waals surface area contributed by atoms with Crippen LogP contribution in [0.4, 0.5) is 17.1 Å². The fourth-order valence-electron chi connectivity index (χ4n) is 3.59. The number of hydrogen-bond donors (Lipinski definition) is 0. The average Bonchev–Trinajstić information content (AvgIpc) is 2.78. The van der Waals surface area contributed by atoms with Crippen molar-refractivity contribution in [1.29, 1.82) is 0 Å². The predicted molar refractivity (Wildman–Crippen MR) is 131 cm³/mol. The van der Waals surface area contributed by atoms with E-state index in [-0.39, 0.29) is 0 Å². The zero-order valence-electron chi connectivity index (χ0n) is 17.8. The fourth-order valence-corrected chi connectivity index (χ4v) is 3.59. The Kier molecular flexibility index (Phi) is 5.81. The zero-order chi connectivity index (χ0) is 20.9. The molecule has 0 aliphatic rings. The van der Waals surface area contributed by atoms with Crippen LogP contribution >= 0.6 is 0 Å². The highest BCUT2D eigenvalue weighted by Gasteiger charge is 2.12. The Morgan fingerprint density at radius 1 is 0.567 bits per heavy atom. The first-order chi connectivity index (χ1) is 14.6. The molecule has 30 heavy (non-hydrogen) atoms. The van der Waals surface area contributed by atoms with E-state index in [0.29, 0.717) is 0 Å². The summed E-state index contributed by atoms with van der Waals surface area (Å²) in [6.45, 7) is 6.41. The van der Waals surface area contributed by atoms with Gasteiger partial charge in [0.05, 0.1) is 0 Å². The molecule has 0 unspecified atom stereocenters. The van der Waals surface area contributed by atoms with Gasteiger partial charge in [-0.2, -0.15) is 0 Å². The highest BCUT2D eigenvalue weighted by Crippen LogP contribution is 2.35. The maximum absolute atomic E-state index is 2.29. The summed E-state index contributed by atoms with van der Waals surface area (Å²) in [7, 11) is 0. The van der Waals surface area contributed by atoms with Gasteiger partial charge in [0.2, 0.25) is 0 Å². The second-order valence-electron chi connectivity index (χ2n) is 7.79. The predicted octanol–water partition coefficient (Wildman–Crippen LogP) is 8.33. The highest BCUT2D eigenvalue weighted by atomic mass is 15.1. The van der Waals surface area contributed by atoms with Gasteiger partial charge in [-0.3, -0.25) is 0 Å². The molecule has 4 aromatic rings. The molecule has 0 aromatic heterocycles. The molecule has 0 aliphatic heterocycles. The lowest BCUT2D eigenvalue weighted by Gasteiger charge is -2.25. The minimum atomic E-state index is 1.15. The van der Waals surface area contributed by atoms with E-state index in [4.69, 9.17) is 0 Å². The topological polar surface area (TPSA) is 3.24 Å². The Morgan fingerprint density at radius 3 is 1.60 bits per heavy atom. The monoisotopic (exact) mass is 389 g/mol. The molecule has 0 fully saturated rings. The molecule has 1 heteroatoms. The Bertz CT molecular complexity index is 1120. The van der Waals surface area contributed by atoms with E-state index in [1.807, 2.05) is 0 Å². The Labute approximate surface area is 179 Å². The minimum absolute atomic E-state index is 1.15. The number of benzene rings is 4. The summed E-state index contributed by atoms with van der Waals surface area (Å²) in [5.41, 5.74) is 9.73.